The van der Waals surface area contributed by atoms with Gasteiger partial charge in [0, 0.05) is 11.9 Å². The van der Waals surface area contributed by atoms with Crippen molar-refractivity contribution in [2.24, 2.45) is 5.92 Å². The number of aliphatic hydroxyl groups is 1. The van der Waals surface area contributed by atoms with Gasteiger partial charge in [0.15, 0.2) is 0 Å². The third-order valence-electron chi connectivity index (χ3n) is 2.38. The number of hydrogen-bond donors (Lipinski definition) is 1. The highest BCUT2D eigenvalue weighted by Crippen LogP contribution is 2.31. The van der Waals surface area contributed by atoms with Crippen molar-refractivity contribution in [3.8, 4) is 0 Å². The van der Waals surface area contributed by atoms with Crippen molar-refractivity contribution < 1.29 is 5.11 Å². The molecule has 0 bridgehead atoms. The molecule has 0 aromatic carbocycles. The minimum atomic E-state index is 0.394. The molecule has 0 radical (unpaired) electrons. The van der Waals surface area contributed by atoms with Crippen molar-refractivity contribution in [2.45, 2.75) is 30.9 Å². The molecule has 0 aromatic rings. The Labute approximate surface area is 67.2 Å². The zero-order valence-corrected chi connectivity index (χ0v) is 7.36. The van der Waals surface area contributed by atoms with Crippen LogP contribution in [0.1, 0.15) is 25.7 Å². The predicted octanol–water partition coefficient (Wildman–Crippen LogP) is 1.90. The topological polar surface area (TPSA) is 20.2 Å². The molecular formula is C8H16OS. The fourth-order valence-corrected chi connectivity index (χ4v) is 2.70. The fourth-order valence-electron chi connectivity index (χ4n) is 1.69. The zero-order valence-electron chi connectivity index (χ0n) is 6.55. The molecule has 0 saturated heterocycles. The second kappa shape index (κ2) is 4.24. The van der Waals surface area contributed by atoms with Crippen LogP contribution in [0, 0.1) is 5.92 Å². The highest BCUT2D eigenvalue weighted by Gasteiger charge is 2.22. The maximum absolute atomic E-state index is 8.98. The maximum Gasteiger partial charge on any atom is 0.0469 e. The summed E-state index contributed by atoms with van der Waals surface area (Å²) < 4.78 is 0. The molecule has 1 saturated carbocycles. The lowest BCUT2D eigenvalue weighted by atomic mass is 9.89. The summed E-state index contributed by atoms with van der Waals surface area (Å²) in [5.74, 6) is 0.587. The van der Waals surface area contributed by atoms with Crippen molar-refractivity contribution in [1.82, 2.24) is 0 Å². The summed E-state index contributed by atoms with van der Waals surface area (Å²) in [6.45, 7) is 0.394. The van der Waals surface area contributed by atoms with E-state index in [-0.39, 0.29) is 0 Å². The van der Waals surface area contributed by atoms with E-state index in [4.69, 9.17) is 5.11 Å². The van der Waals surface area contributed by atoms with Gasteiger partial charge in [0.2, 0.25) is 0 Å². The molecule has 1 rings (SSSR count). The van der Waals surface area contributed by atoms with Crippen LogP contribution in [0.25, 0.3) is 0 Å². The predicted molar refractivity (Wildman–Crippen MR) is 46.3 cm³/mol. The Hall–Kier alpha value is 0.310. The summed E-state index contributed by atoms with van der Waals surface area (Å²) in [6, 6.07) is 0. The molecule has 1 N–H and O–H groups in total. The van der Waals surface area contributed by atoms with E-state index in [1.807, 2.05) is 11.8 Å². The van der Waals surface area contributed by atoms with E-state index < -0.39 is 0 Å². The lowest BCUT2D eigenvalue weighted by Crippen LogP contribution is -2.24. The van der Waals surface area contributed by atoms with Crippen LogP contribution in [0.2, 0.25) is 0 Å². The van der Waals surface area contributed by atoms with Crippen molar-refractivity contribution in [3.05, 3.63) is 0 Å². The van der Waals surface area contributed by atoms with Gasteiger partial charge in [-0.05, 0) is 25.0 Å². The Morgan fingerprint density at radius 1 is 1.40 bits per heavy atom. The van der Waals surface area contributed by atoms with E-state index in [9.17, 15) is 0 Å². The molecule has 0 spiro atoms. The molecule has 10 heavy (non-hydrogen) atoms. The average Bonchev–Trinajstić information content (AvgIpc) is 2.04. The van der Waals surface area contributed by atoms with Gasteiger partial charge in [-0.15, -0.1) is 0 Å². The first-order valence-corrected chi connectivity index (χ1v) is 5.31. The van der Waals surface area contributed by atoms with Crippen molar-refractivity contribution >= 4 is 11.8 Å². The second-order valence-electron chi connectivity index (χ2n) is 3.00. The lowest BCUT2D eigenvalue weighted by Gasteiger charge is -2.28. The highest BCUT2D eigenvalue weighted by molar-refractivity contribution is 7.99. The van der Waals surface area contributed by atoms with Crippen LogP contribution in [0.15, 0.2) is 0 Å². The van der Waals surface area contributed by atoms with Gasteiger partial charge < -0.3 is 5.11 Å². The Balaban J connectivity index is 2.34. The average molecular weight is 160 g/mol. The number of rotatable bonds is 2. The Morgan fingerprint density at radius 3 is 2.60 bits per heavy atom. The normalized spacial score (nSPS) is 34.2. The number of hydrogen-bond acceptors (Lipinski definition) is 2. The van der Waals surface area contributed by atoms with Gasteiger partial charge >= 0.3 is 0 Å². The minimum absolute atomic E-state index is 0.394. The second-order valence-corrected chi connectivity index (χ2v) is 4.08. The van der Waals surface area contributed by atoms with E-state index in [1.54, 1.807) is 0 Å². The largest absolute Gasteiger partial charge is 0.396 e. The quantitative estimate of drug-likeness (QED) is 0.666. The summed E-state index contributed by atoms with van der Waals surface area (Å²) >= 11 is 1.92. The molecular weight excluding hydrogens is 144 g/mol. The molecule has 0 aliphatic heterocycles. The number of thioether (sulfide) groups is 1. The van der Waals surface area contributed by atoms with E-state index in [1.165, 1.54) is 25.7 Å². The van der Waals surface area contributed by atoms with Crippen LogP contribution >= 0.6 is 11.8 Å². The molecule has 2 heteroatoms. The molecule has 0 aromatic heterocycles. The lowest BCUT2D eigenvalue weighted by molar-refractivity contribution is 0.195. The SMILES string of the molecule is CS[C@@H]1CCCC[C@H]1CO. The maximum atomic E-state index is 8.98. The van der Waals surface area contributed by atoms with Gasteiger partial charge in [-0.3, -0.25) is 0 Å². The fraction of sp³-hybridized carbons (Fsp3) is 1.00. The van der Waals surface area contributed by atoms with Gasteiger partial charge in [-0.2, -0.15) is 11.8 Å². The van der Waals surface area contributed by atoms with Crippen LogP contribution in [0.5, 0.6) is 0 Å². The van der Waals surface area contributed by atoms with E-state index in [2.05, 4.69) is 6.26 Å². The highest BCUT2D eigenvalue weighted by atomic mass is 32.2. The Kier molecular flexibility index (Phi) is 3.57. The first-order chi connectivity index (χ1) is 4.88. The summed E-state index contributed by atoms with van der Waals surface area (Å²) in [5, 5.41) is 9.71. The summed E-state index contributed by atoms with van der Waals surface area (Å²) in [7, 11) is 0. The van der Waals surface area contributed by atoms with Crippen LogP contribution < -0.4 is 0 Å². The molecule has 0 amide bonds. The van der Waals surface area contributed by atoms with Gasteiger partial charge in [-0.25, -0.2) is 0 Å². The third-order valence-corrected chi connectivity index (χ3v) is 3.60. The monoisotopic (exact) mass is 160 g/mol. The first-order valence-electron chi connectivity index (χ1n) is 4.02. The summed E-state index contributed by atoms with van der Waals surface area (Å²) in [5.41, 5.74) is 0. The van der Waals surface area contributed by atoms with Gasteiger partial charge in [0.1, 0.15) is 0 Å². The summed E-state index contributed by atoms with van der Waals surface area (Å²) in [6.07, 6.45) is 7.39. The van der Waals surface area contributed by atoms with Crippen LogP contribution in [-0.2, 0) is 0 Å². The van der Waals surface area contributed by atoms with E-state index in [0.717, 1.165) is 5.25 Å². The van der Waals surface area contributed by atoms with E-state index in [0.29, 0.717) is 12.5 Å². The Bertz CT molecular complexity index is 83.3. The summed E-state index contributed by atoms with van der Waals surface area (Å²) in [4.78, 5) is 0. The van der Waals surface area contributed by atoms with Crippen molar-refractivity contribution in [1.29, 1.82) is 0 Å². The van der Waals surface area contributed by atoms with Crippen molar-refractivity contribution in [2.75, 3.05) is 12.9 Å². The minimum Gasteiger partial charge on any atom is -0.396 e. The molecule has 1 aliphatic rings. The molecule has 2 atom stereocenters. The molecule has 60 valence electrons. The number of aliphatic hydroxyl groups excluding tert-OH is 1. The van der Waals surface area contributed by atoms with Gasteiger partial charge in [0.25, 0.3) is 0 Å². The standard InChI is InChI=1S/C8H16OS/c1-10-8-5-3-2-4-7(8)6-9/h7-9H,2-6H2,1H3/t7-,8+/m0/s1. The Morgan fingerprint density at radius 2 is 2.10 bits per heavy atom. The first kappa shape index (κ1) is 8.41. The van der Waals surface area contributed by atoms with Crippen LogP contribution in [0.4, 0.5) is 0 Å². The third kappa shape index (κ3) is 1.89. The molecule has 0 unspecified atom stereocenters. The van der Waals surface area contributed by atoms with Crippen molar-refractivity contribution in [3.63, 3.8) is 0 Å². The van der Waals surface area contributed by atoms with Crippen LogP contribution in [-0.4, -0.2) is 23.2 Å². The molecule has 1 nitrogen and oxygen atoms in total. The molecule has 1 fully saturated rings. The van der Waals surface area contributed by atoms with E-state index >= 15 is 0 Å². The smallest absolute Gasteiger partial charge is 0.0469 e. The van der Waals surface area contributed by atoms with Gasteiger partial charge in [-0.1, -0.05) is 12.8 Å². The molecule has 1 aliphatic carbocycles. The van der Waals surface area contributed by atoms with Crippen LogP contribution in [0.3, 0.4) is 0 Å². The molecule has 0 heterocycles. The van der Waals surface area contributed by atoms with Gasteiger partial charge in [0.05, 0.1) is 0 Å². The zero-order chi connectivity index (χ0) is 7.40.